The molecule has 0 fully saturated rings. The lowest BCUT2D eigenvalue weighted by molar-refractivity contribution is -0.112. The number of carbonyl (C=O) groups is 1. The van der Waals surface area contributed by atoms with E-state index < -0.39 is 20.9 Å². The summed E-state index contributed by atoms with van der Waals surface area (Å²) < 4.78 is 54.4. The van der Waals surface area contributed by atoms with E-state index in [0.717, 1.165) is 11.8 Å². The average molecular weight is 545 g/mol. The molecule has 1 amide bonds. The van der Waals surface area contributed by atoms with Crippen LogP contribution in [0.1, 0.15) is 11.1 Å². The summed E-state index contributed by atoms with van der Waals surface area (Å²) in [4.78, 5) is 16.4. The number of anilines is 1. The number of carbonyl (C=O) groups excluding carboxylic acids is 1. The first-order chi connectivity index (χ1) is 17.7. The molecule has 0 spiro atoms. The zero-order valence-corrected chi connectivity index (χ0v) is 21.4. The number of fused-ring (bicyclic) bond motifs is 1. The first kappa shape index (κ1) is 25.7. The van der Waals surface area contributed by atoms with Crippen molar-refractivity contribution in [1.82, 2.24) is 9.36 Å². The normalized spacial score (nSPS) is 12.5. The highest BCUT2D eigenvalue weighted by molar-refractivity contribution is 7.90. The quantitative estimate of drug-likeness (QED) is 0.312. The second-order valence-electron chi connectivity index (χ2n) is 7.51. The van der Waals surface area contributed by atoms with Gasteiger partial charge in [0.1, 0.15) is 18.2 Å². The topological polar surface area (TPSA) is 159 Å². The van der Waals surface area contributed by atoms with Crippen LogP contribution in [-0.4, -0.2) is 51.0 Å². The molecule has 0 unspecified atom stereocenters. The van der Waals surface area contributed by atoms with E-state index in [-0.39, 0.29) is 24.1 Å². The SMILES string of the molecule is COc1cc(C=C(C#N)C(=O)Nc2nc(S(C)(=O)=O)ns2)cc(OC)c1OCc1ccc2c(c1)OCO2. The molecule has 0 saturated carbocycles. The molecular formula is C23H20N4O8S2. The molecule has 192 valence electrons. The molecule has 0 bridgehead atoms. The van der Waals surface area contributed by atoms with Gasteiger partial charge in [0.05, 0.1) is 14.2 Å². The van der Waals surface area contributed by atoms with Crippen molar-refractivity contribution in [2.45, 2.75) is 11.8 Å². The Morgan fingerprint density at radius 2 is 1.89 bits per heavy atom. The van der Waals surface area contributed by atoms with Gasteiger partial charge < -0.3 is 23.7 Å². The number of nitriles is 1. The third kappa shape index (κ3) is 5.90. The Kier molecular flexibility index (Phi) is 7.46. The van der Waals surface area contributed by atoms with Gasteiger partial charge in [-0.1, -0.05) is 6.07 Å². The second kappa shape index (κ2) is 10.7. The fourth-order valence-electron chi connectivity index (χ4n) is 3.20. The van der Waals surface area contributed by atoms with Gasteiger partial charge >= 0.3 is 0 Å². The number of methoxy groups -OCH3 is 2. The molecule has 3 aromatic rings. The summed E-state index contributed by atoms with van der Waals surface area (Å²) in [7, 11) is -0.737. The molecule has 37 heavy (non-hydrogen) atoms. The monoisotopic (exact) mass is 544 g/mol. The van der Waals surface area contributed by atoms with Crippen molar-refractivity contribution in [3.8, 4) is 34.8 Å². The first-order valence-electron chi connectivity index (χ1n) is 10.5. The van der Waals surface area contributed by atoms with Crippen LogP contribution < -0.4 is 29.0 Å². The minimum atomic E-state index is -3.63. The summed E-state index contributed by atoms with van der Waals surface area (Å²) in [5, 5.41) is 11.4. The average Bonchev–Trinajstić information content (AvgIpc) is 3.55. The van der Waals surface area contributed by atoms with Crippen molar-refractivity contribution in [2.75, 3.05) is 32.6 Å². The first-order valence-corrected chi connectivity index (χ1v) is 13.1. The number of aromatic nitrogens is 2. The fraction of sp³-hybridized carbons (Fsp3) is 0.217. The summed E-state index contributed by atoms with van der Waals surface area (Å²) in [6.45, 7) is 0.350. The van der Waals surface area contributed by atoms with Crippen molar-refractivity contribution in [3.05, 3.63) is 47.0 Å². The van der Waals surface area contributed by atoms with Crippen LogP contribution in [0, 0.1) is 11.3 Å². The molecular weight excluding hydrogens is 524 g/mol. The van der Waals surface area contributed by atoms with Crippen LogP contribution in [0.4, 0.5) is 5.13 Å². The third-order valence-corrected chi connectivity index (χ3v) is 6.53. The minimum absolute atomic E-state index is 0.0611. The Labute approximate surface area is 216 Å². The highest BCUT2D eigenvalue weighted by Gasteiger charge is 2.20. The summed E-state index contributed by atoms with van der Waals surface area (Å²) in [6, 6.07) is 10.4. The van der Waals surface area contributed by atoms with Crippen molar-refractivity contribution >= 4 is 38.5 Å². The highest BCUT2D eigenvalue weighted by Crippen LogP contribution is 2.40. The van der Waals surface area contributed by atoms with E-state index in [1.54, 1.807) is 18.2 Å². The number of rotatable bonds is 9. The van der Waals surface area contributed by atoms with Crippen molar-refractivity contribution in [2.24, 2.45) is 0 Å². The van der Waals surface area contributed by atoms with E-state index in [1.165, 1.54) is 20.3 Å². The van der Waals surface area contributed by atoms with E-state index in [2.05, 4.69) is 14.7 Å². The number of hydrogen-bond donors (Lipinski definition) is 1. The van der Waals surface area contributed by atoms with E-state index >= 15 is 0 Å². The van der Waals surface area contributed by atoms with Gasteiger partial charge in [-0.3, -0.25) is 10.1 Å². The van der Waals surface area contributed by atoms with Crippen LogP contribution in [0.25, 0.3) is 6.08 Å². The summed E-state index contributed by atoms with van der Waals surface area (Å²) in [5.74, 6) is 1.44. The largest absolute Gasteiger partial charge is 0.493 e. The molecule has 1 aliphatic rings. The Morgan fingerprint density at radius 1 is 1.19 bits per heavy atom. The highest BCUT2D eigenvalue weighted by atomic mass is 32.2. The van der Waals surface area contributed by atoms with Gasteiger partial charge in [-0.2, -0.15) is 14.6 Å². The summed E-state index contributed by atoms with van der Waals surface area (Å²) in [5.41, 5.74) is 0.982. The van der Waals surface area contributed by atoms with Crippen molar-refractivity contribution < 1.29 is 36.9 Å². The second-order valence-corrected chi connectivity index (χ2v) is 10.2. The van der Waals surface area contributed by atoms with Gasteiger partial charge in [0, 0.05) is 17.8 Å². The lowest BCUT2D eigenvalue weighted by Gasteiger charge is -2.16. The molecule has 2 heterocycles. The minimum Gasteiger partial charge on any atom is -0.493 e. The van der Waals surface area contributed by atoms with E-state index in [9.17, 15) is 18.5 Å². The van der Waals surface area contributed by atoms with Gasteiger partial charge in [0.25, 0.3) is 11.1 Å². The van der Waals surface area contributed by atoms with Crippen LogP contribution >= 0.6 is 11.5 Å². The van der Waals surface area contributed by atoms with Gasteiger partial charge in [-0.25, -0.2) is 8.42 Å². The van der Waals surface area contributed by atoms with Gasteiger partial charge in [0.2, 0.25) is 27.5 Å². The Balaban J connectivity index is 1.55. The summed E-state index contributed by atoms with van der Waals surface area (Å²) in [6.07, 6.45) is 2.27. The van der Waals surface area contributed by atoms with Crippen molar-refractivity contribution in [3.63, 3.8) is 0 Å². The Bertz CT molecular complexity index is 1500. The standard InChI is InChI=1S/C23H20N4O8S2/c1-31-18-8-14(6-15(10-24)21(28)25-22-26-23(27-36-22)37(3,29)30)9-19(32-2)20(18)33-11-13-4-5-16-17(7-13)35-12-34-16/h4-9H,11-12H2,1-3H3,(H,25,26,27,28). The van der Waals surface area contributed by atoms with Crippen LogP contribution in [-0.2, 0) is 21.2 Å². The Hall–Kier alpha value is -4.35. The molecule has 0 aliphatic carbocycles. The lowest BCUT2D eigenvalue weighted by Crippen LogP contribution is -2.13. The number of sulfone groups is 1. The maximum absolute atomic E-state index is 12.6. The molecule has 14 heteroatoms. The number of hydrogen-bond acceptors (Lipinski definition) is 12. The lowest BCUT2D eigenvalue weighted by atomic mass is 10.1. The van der Waals surface area contributed by atoms with E-state index in [4.69, 9.17) is 23.7 Å². The predicted octanol–water partition coefficient (Wildman–Crippen LogP) is 2.81. The Morgan fingerprint density at radius 3 is 2.51 bits per heavy atom. The van der Waals surface area contributed by atoms with E-state index in [1.807, 2.05) is 18.2 Å². The van der Waals surface area contributed by atoms with Gasteiger partial charge in [0.15, 0.2) is 23.0 Å². The third-order valence-electron chi connectivity index (χ3n) is 4.94. The molecule has 0 radical (unpaired) electrons. The van der Waals surface area contributed by atoms with Gasteiger partial charge in [-0.05, 0) is 41.5 Å². The molecule has 1 N–H and O–H groups in total. The van der Waals surface area contributed by atoms with Gasteiger partial charge in [-0.15, -0.1) is 0 Å². The van der Waals surface area contributed by atoms with Crippen LogP contribution in [0.5, 0.6) is 28.7 Å². The van der Waals surface area contributed by atoms with Crippen LogP contribution in [0.15, 0.2) is 41.1 Å². The summed E-state index contributed by atoms with van der Waals surface area (Å²) >= 11 is 0.683. The number of amides is 1. The number of nitrogens with zero attached hydrogens (tertiary/aromatic N) is 3. The molecule has 12 nitrogen and oxygen atoms in total. The molecule has 0 saturated heterocycles. The molecule has 0 atom stereocenters. The van der Waals surface area contributed by atoms with Crippen molar-refractivity contribution in [1.29, 1.82) is 5.26 Å². The molecule has 2 aromatic carbocycles. The molecule has 1 aromatic heterocycles. The fourth-order valence-corrected chi connectivity index (χ4v) is 4.64. The predicted molar refractivity (Wildman–Crippen MR) is 132 cm³/mol. The maximum Gasteiger partial charge on any atom is 0.268 e. The smallest absolute Gasteiger partial charge is 0.268 e. The zero-order valence-electron chi connectivity index (χ0n) is 19.8. The number of benzene rings is 2. The number of nitrogens with one attached hydrogen (secondary N) is 1. The van der Waals surface area contributed by atoms with E-state index in [0.29, 0.717) is 45.8 Å². The van der Waals surface area contributed by atoms with Crippen LogP contribution in [0.2, 0.25) is 0 Å². The number of ether oxygens (including phenoxy) is 5. The zero-order chi connectivity index (χ0) is 26.6. The molecule has 4 rings (SSSR count). The molecule has 1 aliphatic heterocycles. The van der Waals surface area contributed by atoms with Crippen LogP contribution in [0.3, 0.4) is 0 Å². The maximum atomic E-state index is 12.6.